The van der Waals surface area contributed by atoms with Crippen LogP contribution in [0.3, 0.4) is 0 Å². The number of benzene rings is 2. The monoisotopic (exact) mass is 641 g/mol. The Bertz CT molecular complexity index is 1580. The molecule has 1 fully saturated rings. The van der Waals surface area contributed by atoms with Crippen molar-refractivity contribution in [2.24, 2.45) is 0 Å². The van der Waals surface area contributed by atoms with Crippen LogP contribution in [0.1, 0.15) is 39.2 Å². The second kappa shape index (κ2) is 11.8. The Hall–Kier alpha value is -2.83. The molecule has 216 valence electrons. The first-order valence-corrected chi connectivity index (χ1v) is 14.5. The number of carbonyl (C=O) groups is 2. The van der Waals surface area contributed by atoms with Crippen LogP contribution in [0.2, 0.25) is 10.0 Å². The van der Waals surface area contributed by atoms with Crippen molar-refractivity contribution >= 4 is 64.2 Å². The Morgan fingerprint density at radius 2 is 1.80 bits per heavy atom. The molecule has 0 unspecified atom stereocenters. The predicted octanol–water partition coefficient (Wildman–Crippen LogP) is 5.92. The fourth-order valence-corrected chi connectivity index (χ4v) is 6.64. The molecule has 0 spiro atoms. The van der Waals surface area contributed by atoms with E-state index in [4.69, 9.17) is 34.8 Å². The minimum Gasteiger partial charge on any atom is -0.338 e. The maximum atomic E-state index is 14.0. The summed E-state index contributed by atoms with van der Waals surface area (Å²) in [5.74, 6) is -0.662. The van der Waals surface area contributed by atoms with E-state index >= 15 is 0 Å². The van der Waals surface area contributed by atoms with Crippen LogP contribution in [0.15, 0.2) is 51.0 Å². The molecular weight excluding hydrogens is 619 g/mol. The van der Waals surface area contributed by atoms with Crippen molar-refractivity contribution in [2.45, 2.75) is 41.2 Å². The van der Waals surface area contributed by atoms with E-state index in [1.807, 2.05) is 12.1 Å². The largest absolute Gasteiger partial charge is 0.362 e. The van der Waals surface area contributed by atoms with Crippen LogP contribution in [0.4, 0.5) is 19.3 Å². The fraction of sp³-hybridized carbons (Fsp3) is 0.296. The highest BCUT2D eigenvalue weighted by Gasteiger charge is 2.35. The Labute approximate surface area is 253 Å². The van der Waals surface area contributed by atoms with Crippen molar-refractivity contribution in [1.29, 1.82) is 0 Å². The molecular formula is C27H24Cl3F2N5O3S. The van der Waals surface area contributed by atoms with E-state index in [2.05, 4.69) is 15.6 Å². The molecule has 2 aliphatic rings. The summed E-state index contributed by atoms with van der Waals surface area (Å²) in [5, 5.41) is 2.53. The van der Waals surface area contributed by atoms with Crippen LogP contribution in [-0.4, -0.2) is 42.0 Å². The number of nitrogens with zero attached hydrogens (tertiary/aromatic N) is 2. The summed E-state index contributed by atoms with van der Waals surface area (Å²) < 4.78 is 28.1. The number of fused-ring (bicyclic) bond motifs is 1. The van der Waals surface area contributed by atoms with Crippen molar-refractivity contribution in [3.63, 3.8) is 0 Å². The first-order chi connectivity index (χ1) is 19.5. The SMILES string of the molecule is CNCc1cc2c(cc1N1CCCNC1=O)CN(C(=O)c1c(Sc3c(Cl)cccc3Cl)cc(C(F)(F)Cl)[nH]c1=O)C2. The quantitative estimate of drug-likeness (QED) is 0.278. The number of carbonyl (C=O) groups excluding carboxylic acids is 2. The minimum absolute atomic E-state index is 0.0680. The minimum atomic E-state index is -3.88. The number of H-pyrrole nitrogens is 1. The second-order valence-electron chi connectivity index (χ2n) is 9.58. The molecule has 14 heteroatoms. The number of hydrogen-bond acceptors (Lipinski definition) is 5. The molecule has 0 saturated carbocycles. The van der Waals surface area contributed by atoms with Crippen LogP contribution in [0, 0.1) is 0 Å². The summed E-state index contributed by atoms with van der Waals surface area (Å²) in [4.78, 5) is 45.0. The van der Waals surface area contributed by atoms with E-state index < -0.39 is 22.5 Å². The summed E-state index contributed by atoms with van der Waals surface area (Å²) in [5.41, 5.74) is 1.07. The molecule has 8 nitrogen and oxygen atoms in total. The number of aromatic amines is 1. The lowest BCUT2D eigenvalue weighted by Crippen LogP contribution is -2.47. The van der Waals surface area contributed by atoms with Gasteiger partial charge in [-0.25, -0.2) is 4.79 Å². The average molecular weight is 643 g/mol. The van der Waals surface area contributed by atoms with Crippen molar-refractivity contribution in [1.82, 2.24) is 20.5 Å². The van der Waals surface area contributed by atoms with Crippen molar-refractivity contribution < 1.29 is 18.4 Å². The normalized spacial score (nSPS) is 15.2. The van der Waals surface area contributed by atoms with Gasteiger partial charge in [0.2, 0.25) is 0 Å². The Kier molecular flexibility index (Phi) is 8.54. The van der Waals surface area contributed by atoms with Gasteiger partial charge in [0.25, 0.3) is 11.5 Å². The first-order valence-electron chi connectivity index (χ1n) is 12.6. The number of urea groups is 1. The molecule has 1 saturated heterocycles. The molecule has 0 aliphatic carbocycles. The molecule has 3 heterocycles. The molecule has 0 atom stereocenters. The lowest BCUT2D eigenvalue weighted by molar-refractivity contribution is 0.0740. The molecule has 2 aromatic carbocycles. The van der Waals surface area contributed by atoms with Gasteiger partial charge in [-0.15, -0.1) is 0 Å². The van der Waals surface area contributed by atoms with Gasteiger partial charge in [-0.3, -0.25) is 14.5 Å². The fourth-order valence-electron chi connectivity index (χ4n) is 4.90. The highest BCUT2D eigenvalue weighted by Crippen LogP contribution is 2.42. The highest BCUT2D eigenvalue weighted by atomic mass is 35.5. The Balaban J connectivity index is 1.52. The van der Waals surface area contributed by atoms with Gasteiger partial charge in [0.1, 0.15) is 11.3 Å². The molecule has 3 N–H and O–H groups in total. The number of anilines is 1. The lowest BCUT2D eigenvalue weighted by Gasteiger charge is -2.29. The van der Waals surface area contributed by atoms with Gasteiger partial charge in [-0.05, 0) is 66.0 Å². The summed E-state index contributed by atoms with van der Waals surface area (Å²) >= 11 is 18.7. The molecule has 1 aromatic heterocycles. The summed E-state index contributed by atoms with van der Waals surface area (Å²) in [6, 6.07) is 9.33. The number of amides is 3. The summed E-state index contributed by atoms with van der Waals surface area (Å²) in [6.07, 6.45) is 0.794. The maximum absolute atomic E-state index is 14.0. The zero-order chi connectivity index (χ0) is 29.5. The third kappa shape index (κ3) is 6.05. The van der Waals surface area contributed by atoms with E-state index in [9.17, 15) is 23.2 Å². The smallest absolute Gasteiger partial charge is 0.338 e. The molecule has 41 heavy (non-hydrogen) atoms. The van der Waals surface area contributed by atoms with Crippen molar-refractivity contribution in [2.75, 3.05) is 25.0 Å². The van der Waals surface area contributed by atoms with Crippen molar-refractivity contribution in [3.8, 4) is 0 Å². The van der Waals surface area contributed by atoms with Gasteiger partial charge in [0, 0.05) is 42.5 Å². The summed E-state index contributed by atoms with van der Waals surface area (Å²) in [7, 11) is 1.80. The van der Waals surface area contributed by atoms with Crippen LogP contribution >= 0.6 is 46.6 Å². The van der Waals surface area contributed by atoms with Crippen LogP contribution < -0.4 is 21.1 Å². The third-order valence-electron chi connectivity index (χ3n) is 6.80. The standard InChI is InChI=1S/C27H24Cl3F2N5O3S/c1-33-11-14-8-15-12-36(13-16(15)9-19(14)37-7-3-6-34-26(37)40)25(39)22-20(10-21(27(30,31)32)35-24(22)38)41-23-17(28)4-2-5-18(23)29/h2,4-5,8-10,33H,3,6-7,11-13H2,1H3,(H,34,40)(H,35,38). The number of halogens is 5. The van der Waals surface area contributed by atoms with E-state index in [0.717, 1.165) is 46.6 Å². The highest BCUT2D eigenvalue weighted by molar-refractivity contribution is 7.99. The molecule has 3 aromatic rings. The molecule has 5 rings (SSSR count). The number of aromatic nitrogens is 1. The molecule has 0 bridgehead atoms. The average Bonchev–Trinajstić information content (AvgIpc) is 3.33. The van der Waals surface area contributed by atoms with E-state index in [1.165, 1.54) is 4.90 Å². The van der Waals surface area contributed by atoms with Crippen LogP contribution in [-0.2, 0) is 25.0 Å². The van der Waals surface area contributed by atoms with Gasteiger partial charge in [0.05, 0.1) is 15.7 Å². The third-order valence-corrected chi connectivity index (χ3v) is 9.04. The van der Waals surface area contributed by atoms with Crippen LogP contribution in [0.25, 0.3) is 0 Å². The predicted molar refractivity (Wildman–Crippen MR) is 156 cm³/mol. The van der Waals surface area contributed by atoms with E-state index in [1.54, 1.807) is 30.1 Å². The number of pyridine rings is 1. The zero-order valence-corrected chi connectivity index (χ0v) is 24.7. The zero-order valence-electron chi connectivity index (χ0n) is 21.6. The molecule has 2 aliphatic heterocycles. The number of alkyl halides is 3. The number of rotatable bonds is 7. The number of nitrogens with one attached hydrogen (secondary N) is 3. The molecule has 3 amide bonds. The Morgan fingerprint density at radius 3 is 2.44 bits per heavy atom. The maximum Gasteiger partial charge on any atom is 0.362 e. The first kappa shape index (κ1) is 29.7. The van der Waals surface area contributed by atoms with Gasteiger partial charge >= 0.3 is 11.4 Å². The van der Waals surface area contributed by atoms with Gasteiger partial charge in [-0.1, -0.05) is 47.1 Å². The topological polar surface area (TPSA) is 97.5 Å². The summed E-state index contributed by atoms with van der Waals surface area (Å²) in [6.45, 7) is 1.99. The van der Waals surface area contributed by atoms with Gasteiger partial charge in [0.15, 0.2) is 0 Å². The van der Waals surface area contributed by atoms with E-state index in [0.29, 0.717) is 24.5 Å². The number of hydrogen-bond donors (Lipinski definition) is 3. The second-order valence-corrected chi connectivity index (χ2v) is 11.9. The Morgan fingerprint density at radius 1 is 1.12 bits per heavy atom. The van der Waals surface area contributed by atoms with Gasteiger partial charge in [-0.2, -0.15) is 8.78 Å². The van der Waals surface area contributed by atoms with Gasteiger partial charge < -0.3 is 20.5 Å². The van der Waals surface area contributed by atoms with Crippen LogP contribution in [0.5, 0.6) is 0 Å². The lowest BCUT2D eigenvalue weighted by atomic mass is 10.0. The molecule has 0 radical (unpaired) electrons. The van der Waals surface area contributed by atoms with Crippen molar-refractivity contribution in [3.05, 3.63) is 84.7 Å². The van der Waals surface area contributed by atoms with E-state index in [-0.39, 0.29) is 39.6 Å².